The van der Waals surface area contributed by atoms with E-state index in [0.29, 0.717) is 35.2 Å². The minimum atomic E-state index is -1.09. The number of aryl methyl sites for hydroxylation is 1. The number of carbonyl (C=O) groups is 1. The molecule has 0 unspecified atom stereocenters. The van der Waals surface area contributed by atoms with Gasteiger partial charge in [-0.15, -0.1) is 0 Å². The molecule has 0 aliphatic rings. The molecule has 0 saturated carbocycles. The average Bonchev–Trinajstić information content (AvgIpc) is 2.83. The van der Waals surface area contributed by atoms with Gasteiger partial charge in [-0.25, -0.2) is 9.78 Å². The maximum atomic E-state index is 11.1. The Kier molecular flexibility index (Phi) is 3.23. The molecule has 0 spiro atoms. The van der Waals surface area contributed by atoms with E-state index in [1.54, 1.807) is 13.0 Å². The molecule has 2 aromatic heterocycles. The van der Waals surface area contributed by atoms with Gasteiger partial charge in [0, 0.05) is 0 Å². The van der Waals surface area contributed by atoms with Crippen molar-refractivity contribution in [3.63, 3.8) is 0 Å². The highest BCUT2D eigenvalue weighted by atomic mass is 16.4. The van der Waals surface area contributed by atoms with Crippen LogP contribution in [0.2, 0.25) is 0 Å². The first kappa shape index (κ1) is 12.4. The zero-order valence-electron chi connectivity index (χ0n) is 10.6. The van der Waals surface area contributed by atoms with Crippen LogP contribution < -0.4 is 0 Å². The van der Waals surface area contributed by atoms with E-state index in [-0.39, 0.29) is 5.76 Å². The van der Waals surface area contributed by atoms with E-state index in [9.17, 15) is 4.79 Å². The fraction of sp³-hybridized carbons (Fsp3) is 0.385. The molecular weight excluding hydrogens is 234 g/mol. The van der Waals surface area contributed by atoms with Crippen molar-refractivity contribution in [3.8, 4) is 11.5 Å². The minimum absolute atomic E-state index is 0.0840. The molecule has 0 aliphatic heterocycles. The molecule has 5 nitrogen and oxygen atoms in total. The molecule has 2 heterocycles. The summed E-state index contributed by atoms with van der Waals surface area (Å²) in [7, 11) is 0. The molecular formula is C13H15NO4. The maximum Gasteiger partial charge on any atom is 0.373 e. The Hall–Kier alpha value is -2.04. The van der Waals surface area contributed by atoms with Crippen LogP contribution in [0.25, 0.3) is 11.5 Å². The van der Waals surface area contributed by atoms with Crippen molar-refractivity contribution in [2.45, 2.75) is 27.2 Å². The summed E-state index contributed by atoms with van der Waals surface area (Å²) in [5.41, 5.74) is 1.17. The van der Waals surface area contributed by atoms with E-state index >= 15 is 0 Å². The van der Waals surface area contributed by atoms with Crippen molar-refractivity contribution in [1.29, 1.82) is 0 Å². The summed E-state index contributed by atoms with van der Waals surface area (Å²) in [6, 6.07) is 1.71. The Labute approximate surface area is 104 Å². The number of rotatable bonds is 4. The van der Waals surface area contributed by atoms with Crippen LogP contribution in [0.5, 0.6) is 0 Å². The van der Waals surface area contributed by atoms with Gasteiger partial charge >= 0.3 is 5.97 Å². The summed E-state index contributed by atoms with van der Waals surface area (Å²) >= 11 is 0. The molecule has 1 N–H and O–H groups in total. The Balaban J connectivity index is 2.45. The first-order valence-electron chi connectivity index (χ1n) is 5.76. The lowest BCUT2D eigenvalue weighted by atomic mass is 10.1. The predicted octanol–water partition coefficient (Wildman–Crippen LogP) is 3.14. The summed E-state index contributed by atoms with van der Waals surface area (Å²) in [6.45, 7) is 5.79. The molecule has 0 amide bonds. The van der Waals surface area contributed by atoms with E-state index in [0.717, 1.165) is 0 Å². The minimum Gasteiger partial charge on any atom is -0.475 e. The van der Waals surface area contributed by atoms with Crippen molar-refractivity contribution in [3.05, 3.63) is 29.5 Å². The summed E-state index contributed by atoms with van der Waals surface area (Å²) in [6.07, 6.45) is 2.10. The predicted molar refractivity (Wildman–Crippen MR) is 64.4 cm³/mol. The molecule has 0 saturated heterocycles. The molecule has 0 aromatic carbocycles. The molecule has 0 bridgehead atoms. The van der Waals surface area contributed by atoms with Crippen LogP contribution in [0, 0.1) is 12.8 Å². The maximum absolute atomic E-state index is 11.1. The molecule has 0 atom stereocenters. The van der Waals surface area contributed by atoms with Crippen molar-refractivity contribution < 1.29 is 18.7 Å². The summed E-state index contributed by atoms with van der Waals surface area (Å²) in [5, 5.41) is 9.10. The number of carboxylic acid groups (broad SMARTS) is 1. The van der Waals surface area contributed by atoms with E-state index in [4.69, 9.17) is 13.9 Å². The number of oxazole rings is 1. The van der Waals surface area contributed by atoms with Gasteiger partial charge < -0.3 is 13.9 Å². The van der Waals surface area contributed by atoms with Gasteiger partial charge in [-0.2, -0.15) is 0 Å². The third kappa shape index (κ3) is 2.30. The van der Waals surface area contributed by atoms with Crippen LogP contribution in [0.15, 0.2) is 21.2 Å². The summed E-state index contributed by atoms with van der Waals surface area (Å²) in [5.74, 6) is 0.0925. The number of hydrogen-bond donors (Lipinski definition) is 1. The zero-order chi connectivity index (χ0) is 13.3. The summed E-state index contributed by atoms with van der Waals surface area (Å²) < 4.78 is 10.5. The molecule has 2 rings (SSSR count). The summed E-state index contributed by atoms with van der Waals surface area (Å²) in [4.78, 5) is 15.4. The van der Waals surface area contributed by atoms with Crippen molar-refractivity contribution >= 4 is 5.97 Å². The van der Waals surface area contributed by atoms with Gasteiger partial charge in [-0.3, -0.25) is 0 Å². The van der Waals surface area contributed by atoms with Gasteiger partial charge in [0.05, 0.1) is 17.5 Å². The van der Waals surface area contributed by atoms with Gasteiger partial charge in [-0.1, -0.05) is 13.8 Å². The lowest BCUT2D eigenvalue weighted by molar-refractivity contribution is 0.0661. The molecule has 2 aromatic rings. The Morgan fingerprint density at radius 3 is 2.72 bits per heavy atom. The second kappa shape index (κ2) is 4.68. The Bertz CT molecular complexity index is 565. The van der Waals surface area contributed by atoms with Gasteiger partial charge in [0.25, 0.3) is 0 Å². The quantitative estimate of drug-likeness (QED) is 0.900. The topological polar surface area (TPSA) is 76.5 Å². The fourth-order valence-electron chi connectivity index (χ4n) is 1.77. The second-order valence-electron chi connectivity index (χ2n) is 4.59. The highest BCUT2D eigenvalue weighted by Crippen LogP contribution is 2.27. The number of nitrogens with zero attached hydrogens (tertiary/aromatic N) is 1. The highest BCUT2D eigenvalue weighted by Gasteiger charge is 2.22. The van der Waals surface area contributed by atoms with Crippen LogP contribution in [0.3, 0.4) is 0 Å². The van der Waals surface area contributed by atoms with E-state index in [2.05, 4.69) is 4.98 Å². The van der Waals surface area contributed by atoms with Gasteiger partial charge in [-0.05, 0) is 25.3 Å². The third-order valence-corrected chi connectivity index (χ3v) is 2.58. The smallest absolute Gasteiger partial charge is 0.373 e. The monoisotopic (exact) mass is 249 g/mol. The van der Waals surface area contributed by atoms with Crippen LogP contribution in [0.4, 0.5) is 0 Å². The van der Waals surface area contributed by atoms with Crippen molar-refractivity contribution in [1.82, 2.24) is 4.98 Å². The molecule has 96 valence electrons. The molecule has 0 aliphatic carbocycles. The molecule has 0 fully saturated rings. The van der Waals surface area contributed by atoms with E-state index in [1.807, 2.05) is 13.8 Å². The first-order chi connectivity index (χ1) is 8.49. The normalized spacial score (nSPS) is 11.1. The van der Waals surface area contributed by atoms with Crippen LogP contribution >= 0.6 is 0 Å². The lowest BCUT2D eigenvalue weighted by Gasteiger charge is -1.99. The number of hydrogen-bond acceptors (Lipinski definition) is 4. The lowest BCUT2D eigenvalue weighted by Crippen LogP contribution is -2.03. The number of carboxylic acids is 1. The van der Waals surface area contributed by atoms with Crippen LogP contribution in [-0.4, -0.2) is 16.1 Å². The Morgan fingerprint density at radius 1 is 1.50 bits per heavy atom. The Morgan fingerprint density at radius 2 is 2.22 bits per heavy atom. The molecule has 5 heteroatoms. The first-order valence-corrected chi connectivity index (χ1v) is 5.76. The van der Waals surface area contributed by atoms with E-state index in [1.165, 1.54) is 6.26 Å². The van der Waals surface area contributed by atoms with Crippen LogP contribution in [-0.2, 0) is 6.42 Å². The average molecular weight is 249 g/mol. The largest absolute Gasteiger partial charge is 0.475 e. The fourth-order valence-corrected chi connectivity index (χ4v) is 1.77. The van der Waals surface area contributed by atoms with Crippen LogP contribution in [0.1, 0.15) is 35.9 Å². The second-order valence-corrected chi connectivity index (χ2v) is 4.59. The molecule has 18 heavy (non-hydrogen) atoms. The van der Waals surface area contributed by atoms with Gasteiger partial charge in [0.1, 0.15) is 5.76 Å². The number of furan rings is 1. The standard InChI is InChI=1S/C13H15NO4/c1-7(2)6-10-11(13(15)16)18-12(14-10)9-4-5-17-8(9)3/h4-5,7H,6H2,1-3H3,(H,15,16). The number of aromatic carboxylic acids is 1. The third-order valence-electron chi connectivity index (χ3n) is 2.58. The molecule has 0 radical (unpaired) electrons. The highest BCUT2D eigenvalue weighted by molar-refractivity contribution is 5.86. The van der Waals surface area contributed by atoms with Gasteiger partial charge in [0.2, 0.25) is 11.7 Å². The SMILES string of the molecule is Cc1occc1-c1nc(CC(C)C)c(C(=O)O)o1. The van der Waals surface area contributed by atoms with Gasteiger partial charge in [0.15, 0.2) is 0 Å². The van der Waals surface area contributed by atoms with E-state index < -0.39 is 5.97 Å². The van der Waals surface area contributed by atoms with Crippen molar-refractivity contribution in [2.24, 2.45) is 5.92 Å². The zero-order valence-corrected chi connectivity index (χ0v) is 10.6. The van der Waals surface area contributed by atoms with Crippen molar-refractivity contribution in [2.75, 3.05) is 0 Å². The number of aromatic nitrogens is 1.